The molecular weight excluding hydrogens is 402 g/mol. The first-order valence-electron chi connectivity index (χ1n) is 9.05. The Kier molecular flexibility index (Phi) is 6.54. The average molecular weight is 423 g/mol. The molecule has 0 heterocycles. The van der Waals surface area contributed by atoms with E-state index in [1.54, 1.807) is 48.5 Å². The number of esters is 1. The van der Waals surface area contributed by atoms with Crippen molar-refractivity contribution in [2.45, 2.75) is 11.5 Å². The number of ether oxygens (including phenoxy) is 2. The summed E-state index contributed by atoms with van der Waals surface area (Å²) in [5.74, 6) is 3.19. The first kappa shape index (κ1) is 21.1. The Hall–Kier alpha value is -3.58. The molecule has 3 rings (SSSR count). The molecule has 30 heavy (non-hydrogen) atoms. The van der Waals surface area contributed by atoms with Crippen LogP contribution < -0.4 is 4.72 Å². The monoisotopic (exact) mass is 423 g/mol. The molecule has 1 amide bonds. The third-order valence-electron chi connectivity index (χ3n) is 4.33. The van der Waals surface area contributed by atoms with Gasteiger partial charge in [0.25, 0.3) is 0 Å². The summed E-state index contributed by atoms with van der Waals surface area (Å²) in [4.78, 5) is 24.7. The molecule has 0 saturated heterocycles. The van der Waals surface area contributed by atoms with E-state index in [0.717, 1.165) is 5.56 Å². The number of hydrogen-bond acceptors (Lipinski definition) is 5. The minimum absolute atomic E-state index is 0.0367. The van der Waals surface area contributed by atoms with E-state index in [-0.39, 0.29) is 11.5 Å². The van der Waals surface area contributed by atoms with Crippen molar-refractivity contribution in [2.24, 2.45) is 0 Å². The van der Waals surface area contributed by atoms with Crippen LogP contribution in [0.15, 0.2) is 83.8 Å². The molecule has 0 radical (unpaired) electrons. The van der Waals surface area contributed by atoms with Crippen LogP contribution in [-0.4, -0.2) is 29.3 Å². The minimum Gasteiger partial charge on any atom is -0.465 e. The normalized spacial score (nSPS) is 12.4. The zero-order valence-electron chi connectivity index (χ0n) is 16.4. The van der Waals surface area contributed by atoms with Gasteiger partial charge in [-0.3, -0.25) is 0 Å². The second-order valence-corrected chi connectivity index (χ2v) is 8.37. The highest BCUT2D eigenvalue weighted by Crippen LogP contribution is 2.30. The number of nitrogens with one attached hydrogen (secondary N) is 1. The molecule has 0 bridgehead atoms. The largest absolute Gasteiger partial charge is 0.465 e. The highest BCUT2D eigenvalue weighted by molar-refractivity contribution is 7.99. The summed E-state index contributed by atoms with van der Waals surface area (Å²) in [6, 6.07) is 22.7. The second kappa shape index (κ2) is 9.28. The molecule has 0 saturated carbocycles. The SMILES string of the molecule is C=S(=O)(NC(=O)OCc1ccccc1)c1ccccc1-c1ccccc1C(=O)OC. The van der Waals surface area contributed by atoms with Crippen molar-refractivity contribution >= 4 is 27.6 Å². The van der Waals surface area contributed by atoms with Gasteiger partial charge in [-0.1, -0.05) is 66.7 Å². The van der Waals surface area contributed by atoms with Gasteiger partial charge in [0.1, 0.15) is 6.61 Å². The third-order valence-corrected chi connectivity index (χ3v) is 5.89. The van der Waals surface area contributed by atoms with E-state index in [9.17, 15) is 13.8 Å². The van der Waals surface area contributed by atoms with Crippen molar-refractivity contribution in [2.75, 3.05) is 7.11 Å². The first-order valence-corrected chi connectivity index (χ1v) is 10.8. The lowest BCUT2D eigenvalue weighted by molar-refractivity contribution is 0.0601. The summed E-state index contributed by atoms with van der Waals surface area (Å²) in [5.41, 5.74) is 2.14. The van der Waals surface area contributed by atoms with Crippen LogP contribution in [0, 0.1) is 0 Å². The van der Waals surface area contributed by atoms with Gasteiger partial charge in [0.15, 0.2) is 0 Å². The maximum Gasteiger partial charge on any atom is 0.419 e. The molecule has 0 fully saturated rings. The van der Waals surface area contributed by atoms with Crippen molar-refractivity contribution in [3.05, 3.63) is 90.0 Å². The summed E-state index contributed by atoms with van der Waals surface area (Å²) in [6.45, 7) is 0.0367. The van der Waals surface area contributed by atoms with Crippen LogP contribution in [0.5, 0.6) is 0 Å². The Morgan fingerprint density at radius 1 is 0.900 bits per heavy atom. The summed E-state index contributed by atoms with van der Waals surface area (Å²) in [6.07, 6.45) is -0.852. The Morgan fingerprint density at radius 3 is 2.20 bits per heavy atom. The van der Waals surface area contributed by atoms with Crippen molar-refractivity contribution in [3.8, 4) is 11.1 Å². The molecule has 1 unspecified atom stereocenters. The number of methoxy groups -OCH3 is 1. The lowest BCUT2D eigenvalue weighted by Gasteiger charge is -2.17. The van der Waals surface area contributed by atoms with E-state index in [1.807, 2.05) is 30.3 Å². The molecule has 6 nitrogen and oxygen atoms in total. The molecule has 3 aromatic carbocycles. The third kappa shape index (κ3) is 4.87. The fraction of sp³-hybridized carbons (Fsp3) is 0.0870. The van der Waals surface area contributed by atoms with Crippen LogP contribution in [0.1, 0.15) is 15.9 Å². The zero-order chi connectivity index (χ0) is 21.6. The second-order valence-electron chi connectivity index (χ2n) is 6.37. The maximum absolute atomic E-state index is 13.3. The van der Waals surface area contributed by atoms with Crippen molar-refractivity contribution in [3.63, 3.8) is 0 Å². The molecule has 1 atom stereocenters. The van der Waals surface area contributed by atoms with Crippen LogP contribution in [0.25, 0.3) is 11.1 Å². The lowest BCUT2D eigenvalue weighted by Crippen LogP contribution is -2.31. The van der Waals surface area contributed by atoms with Gasteiger partial charge in [-0.15, -0.1) is 0 Å². The van der Waals surface area contributed by atoms with E-state index in [2.05, 4.69) is 10.6 Å². The van der Waals surface area contributed by atoms with Gasteiger partial charge in [-0.25, -0.2) is 18.5 Å². The number of carbonyl (C=O) groups excluding carboxylic acids is 2. The van der Waals surface area contributed by atoms with Gasteiger partial charge in [0.05, 0.1) is 27.3 Å². The first-order chi connectivity index (χ1) is 14.4. The van der Waals surface area contributed by atoms with E-state index < -0.39 is 21.8 Å². The molecule has 0 aromatic heterocycles. The summed E-state index contributed by atoms with van der Waals surface area (Å²) in [7, 11) is -1.98. The van der Waals surface area contributed by atoms with Gasteiger partial charge in [0, 0.05) is 0 Å². The molecular formula is C23H21NO5S. The smallest absolute Gasteiger partial charge is 0.419 e. The zero-order valence-corrected chi connectivity index (χ0v) is 17.2. The van der Waals surface area contributed by atoms with E-state index >= 15 is 0 Å². The summed E-state index contributed by atoms with van der Waals surface area (Å²) < 4.78 is 25.7. The Balaban J connectivity index is 1.88. The standard InChI is InChI=1S/C23H21NO5S/c1-28-22(25)20-14-7-6-12-18(20)19-13-8-9-15-21(19)30(2,27)24-23(26)29-16-17-10-4-3-5-11-17/h3-15H,2,16H2,1H3,(H,24,26,27). The van der Waals surface area contributed by atoms with E-state index in [0.29, 0.717) is 16.7 Å². The van der Waals surface area contributed by atoms with Gasteiger partial charge in [0.2, 0.25) is 0 Å². The Morgan fingerprint density at radius 2 is 1.50 bits per heavy atom. The fourth-order valence-corrected chi connectivity index (χ4v) is 4.19. The Bertz CT molecular complexity index is 1160. The minimum atomic E-state index is -3.27. The number of rotatable bonds is 6. The molecule has 0 aliphatic rings. The highest BCUT2D eigenvalue weighted by atomic mass is 32.2. The topological polar surface area (TPSA) is 81.7 Å². The van der Waals surface area contributed by atoms with Crippen molar-refractivity contribution in [1.82, 2.24) is 4.72 Å². The highest BCUT2D eigenvalue weighted by Gasteiger charge is 2.20. The van der Waals surface area contributed by atoms with Gasteiger partial charge in [-0.2, -0.15) is 0 Å². The average Bonchev–Trinajstić information content (AvgIpc) is 2.77. The molecule has 0 aliphatic heterocycles. The van der Waals surface area contributed by atoms with Crippen LogP contribution >= 0.6 is 0 Å². The van der Waals surface area contributed by atoms with Gasteiger partial charge in [-0.05, 0) is 34.7 Å². The van der Waals surface area contributed by atoms with Crippen molar-refractivity contribution < 1.29 is 23.3 Å². The van der Waals surface area contributed by atoms with Crippen molar-refractivity contribution in [1.29, 1.82) is 0 Å². The Labute approximate surface area is 175 Å². The van der Waals surface area contributed by atoms with Crippen LogP contribution in [-0.2, 0) is 25.8 Å². The number of amides is 1. The number of hydrogen-bond donors (Lipinski definition) is 1. The van der Waals surface area contributed by atoms with Gasteiger partial charge < -0.3 is 9.47 Å². The summed E-state index contributed by atoms with van der Waals surface area (Å²) in [5, 5.41) is 0. The quantitative estimate of drug-likeness (QED) is 0.478. The molecule has 0 aliphatic carbocycles. The van der Waals surface area contributed by atoms with Gasteiger partial charge >= 0.3 is 12.1 Å². The molecule has 3 aromatic rings. The molecule has 1 N–H and O–H groups in total. The van der Waals surface area contributed by atoms with E-state index in [4.69, 9.17) is 9.47 Å². The van der Waals surface area contributed by atoms with Crippen LogP contribution in [0.3, 0.4) is 0 Å². The van der Waals surface area contributed by atoms with Crippen LogP contribution in [0.4, 0.5) is 4.79 Å². The maximum atomic E-state index is 13.3. The van der Waals surface area contributed by atoms with E-state index in [1.165, 1.54) is 7.11 Å². The predicted octanol–water partition coefficient (Wildman–Crippen LogP) is 4.06. The lowest BCUT2D eigenvalue weighted by atomic mass is 10.00. The number of benzene rings is 3. The molecule has 7 heteroatoms. The number of carbonyl (C=O) groups is 2. The predicted molar refractivity (Wildman–Crippen MR) is 117 cm³/mol. The summed E-state index contributed by atoms with van der Waals surface area (Å²) >= 11 is 0. The molecule has 154 valence electrons. The van der Waals surface area contributed by atoms with Crippen LogP contribution in [0.2, 0.25) is 0 Å². The fourth-order valence-electron chi connectivity index (χ4n) is 2.92. The molecule has 0 spiro atoms.